The summed E-state index contributed by atoms with van der Waals surface area (Å²) in [6.45, 7) is 4.58. The minimum atomic E-state index is -1.14. The molecule has 0 bridgehead atoms. The number of para-hydroxylation sites is 2. The number of benzene rings is 1. The summed E-state index contributed by atoms with van der Waals surface area (Å²) >= 11 is 0. The van der Waals surface area contributed by atoms with Crippen molar-refractivity contribution in [2.45, 2.75) is 26.3 Å². The molecule has 0 unspecified atom stereocenters. The van der Waals surface area contributed by atoms with Gasteiger partial charge in [-0.2, -0.15) is 0 Å². The Bertz CT molecular complexity index is 716. The van der Waals surface area contributed by atoms with Crippen molar-refractivity contribution in [3.63, 3.8) is 0 Å². The Labute approximate surface area is 128 Å². The van der Waals surface area contributed by atoms with E-state index in [-0.39, 0.29) is 6.04 Å². The van der Waals surface area contributed by atoms with Gasteiger partial charge in [-0.1, -0.05) is 12.1 Å². The highest BCUT2D eigenvalue weighted by Crippen LogP contribution is 2.20. The minimum absolute atomic E-state index is 0.269. The summed E-state index contributed by atoms with van der Waals surface area (Å²) in [6.07, 6.45) is 2.41. The lowest BCUT2D eigenvalue weighted by atomic mass is 10.3. The van der Waals surface area contributed by atoms with Crippen LogP contribution in [0, 0.1) is 0 Å². The zero-order valence-corrected chi connectivity index (χ0v) is 12.6. The van der Waals surface area contributed by atoms with Crippen molar-refractivity contribution in [2.75, 3.05) is 6.54 Å². The number of aliphatic carboxylic acids is 1. The third kappa shape index (κ3) is 3.72. The molecule has 0 saturated heterocycles. The van der Waals surface area contributed by atoms with Gasteiger partial charge in [0.25, 0.3) is 0 Å². The summed E-state index contributed by atoms with van der Waals surface area (Å²) in [5, 5.41) is 11.1. The van der Waals surface area contributed by atoms with Crippen LogP contribution >= 0.6 is 0 Å². The molecule has 0 aliphatic heterocycles. The van der Waals surface area contributed by atoms with E-state index in [9.17, 15) is 9.59 Å². The lowest BCUT2D eigenvalue weighted by molar-refractivity contribution is -0.131. The van der Waals surface area contributed by atoms with Crippen LogP contribution in [0.4, 0.5) is 0 Å². The first kappa shape index (κ1) is 15.8. The van der Waals surface area contributed by atoms with Crippen molar-refractivity contribution in [3.8, 4) is 0 Å². The van der Waals surface area contributed by atoms with Gasteiger partial charge in [-0.05, 0) is 26.0 Å². The van der Waals surface area contributed by atoms with Gasteiger partial charge in [0.05, 0.1) is 11.0 Å². The highest BCUT2D eigenvalue weighted by molar-refractivity contribution is 5.93. The molecule has 0 aliphatic carbocycles. The van der Waals surface area contributed by atoms with Crippen LogP contribution in [-0.4, -0.2) is 33.1 Å². The van der Waals surface area contributed by atoms with Crippen molar-refractivity contribution in [3.05, 3.63) is 42.2 Å². The number of carbonyl (C=O) groups excluding carboxylic acids is 1. The number of carboxylic acid groups (broad SMARTS) is 1. The van der Waals surface area contributed by atoms with Crippen LogP contribution in [0.3, 0.4) is 0 Å². The molecule has 0 aliphatic rings. The largest absolute Gasteiger partial charge is 0.478 e. The molecule has 2 rings (SSSR count). The van der Waals surface area contributed by atoms with E-state index in [1.165, 1.54) is 0 Å². The third-order valence-corrected chi connectivity index (χ3v) is 3.21. The van der Waals surface area contributed by atoms with Crippen molar-refractivity contribution in [1.82, 2.24) is 14.9 Å². The second-order valence-corrected chi connectivity index (χ2v) is 5.19. The first-order valence-electron chi connectivity index (χ1n) is 7.13. The van der Waals surface area contributed by atoms with E-state index >= 15 is 0 Å². The van der Waals surface area contributed by atoms with Crippen molar-refractivity contribution >= 4 is 22.9 Å². The predicted octanol–water partition coefficient (Wildman–Crippen LogP) is 1.92. The number of aromatic nitrogens is 2. The van der Waals surface area contributed by atoms with Gasteiger partial charge in [0, 0.05) is 31.2 Å². The molecule has 1 aromatic heterocycles. The molecule has 116 valence electrons. The molecular formula is C16H19N3O3. The highest BCUT2D eigenvalue weighted by atomic mass is 16.4. The Morgan fingerprint density at radius 3 is 2.73 bits per heavy atom. The van der Waals surface area contributed by atoms with E-state index in [4.69, 9.17) is 5.11 Å². The number of carbonyl (C=O) groups is 2. The number of imidazole rings is 1. The Morgan fingerprint density at radius 1 is 1.32 bits per heavy atom. The van der Waals surface area contributed by atoms with Crippen molar-refractivity contribution < 1.29 is 14.7 Å². The minimum Gasteiger partial charge on any atom is -0.478 e. The maximum absolute atomic E-state index is 11.4. The van der Waals surface area contributed by atoms with Crippen LogP contribution in [0.5, 0.6) is 0 Å². The highest BCUT2D eigenvalue weighted by Gasteiger charge is 2.12. The second kappa shape index (κ2) is 6.89. The number of nitrogens with one attached hydrogen (secondary N) is 1. The zero-order chi connectivity index (χ0) is 16.1. The van der Waals surface area contributed by atoms with Gasteiger partial charge < -0.3 is 15.0 Å². The SMILES string of the molecule is CC(C)n1c(CCNC(=O)/C=C/C(=O)O)nc2ccccc21. The van der Waals surface area contributed by atoms with Crippen LogP contribution in [0.1, 0.15) is 25.7 Å². The van der Waals surface area contributed by atoms with Crippen LogP contribution in [-0.2, 0) is 16.0 Å². The van der Waals surface area contributed by atoms with E-state index < -0.39 is 11.9 Å². The Hall–Kier alpha value is -2.63. The molecule has 0 spiro atoms. The van der Waals surface area contributed by atoms with Gasteiger partial charge in [0.1, 0.15) is 5.82 Å². The van der Waals surface area contributed by atoms with Crippen LogP contribution in [0.15, 0.2) is 36.4 Å². The topological polar surface area (TPSA) is 84.2 Å². The summed E-state index contributed by atoms with van der Waals surface area (Å²) < 4.78 is 2.15. The van der Waals surface area contributed by atoms with E-state index in [1.807, 2.05) is 24.3 Å². The predicted molar refractivity (Wildman–Crippen MR) is 83.6 cm³/mol. The molecule has 2 aromatic rings. The molecule has 0 radical (unpaired) electrons. The molecule has 6 nitrogen and oxygen atoms in total. The number of hydrogen-bond donors (Lipinski definition) is 2. The Kier molecular flexibility index (Phi) is 4.93. The molecule has 22 heavy (non-hydrogen) atoms. The first-order valence-corrected chi connectivity index (χ1v) is 7.13. The van der Waals surface area contributed by atoms with Crippen molar-refractivity contribution in [2.24, 2.45) is 0 Å². The van der Waals surface area contributed by atoms with E-state index in [2.05, 4.69) is 28.7 Å². The molecule has 1 heterocycles. The van der Waals surface area contributed by atoms with E-state index in [1.54, 1.807) is 0 Å². The smallest absolute Gasteiger partial charge is 0.328 e. The average Bonchev–Trinajstić information content (AvgIpc) is 2.83. The number of nitrogens with zero attached hydrogens (tertiary/aromatic N) is 2. The average molecular weight is 301 g/mol. The molecule has 2 N–H and O–H groups in total. The molecule has 0 atom stereocenters. The van der Waals surface area contributed by atoms with Gasteiger partial charge in [0.15, 0.2) is 0 Å². The number of amides is 1. The molecule has 0 fully saturated rings. The lowest BCUT2D eigenvalue weighted by Crippen LogP contribution is -2.25. The first-order chi connectivity index (χ1) is 10.5. The van der Waals surface area contributed by atoms with Gasteiger partial charge >= 0.3 is 5.97 Å². The summed E-state index contributed by atoms with van der Waals surface area (Å²) in [4.78, 5) is 26.4. The monoisotopic (exact) mass is 301 g/mol. The van der Waals surface area contributed by atoms with E-state index in [0.29, 0.717) is 13.0 Å². The van der Waals surface area contributed by atoms with Crippen molar-refractivity contribution in [1.29, 1.82) is 0 Å². The van der Waals surface area contributed by atoms with E-state index in [0.717, 1.165) is 29.0 Å². The summed E-state index contributed by atoms with van der Waals surface area (Å²) in [6, 6.07) is 8.18. The lowest BCUT2D eigenvalue weighted by Gasteiger charge is -2.13. The third-order valence-electron chi connectivity index (χ3n) is 3.21. The molecule has 6 heteroatoms. The van der Waals surface area contributed by atoms with Crippen LogP contribution in [0.2, 0.25) is 0 Å². The number of rotatable bonds is 6. The molecule has 1 aromatic carbocycles. The maximum atomic E-state index is 11.4. The maximum Gasteiger partial charge on any atom is 0.328 e. The fraction of sp³-hybridized carbons (Fsp3) is 0.312. The summed E-state index contributed by atoms with van der Waals surface area (Å²) in [5.74, 6) is -0.662. The Balaban J connectivity index is 2.07. The number of hydrogen-bond acceptors (Lipinski definition) is 3. The summed E-state index contributed by atoms with van der Waals surface area (Å²) in [7, 11) is 0. The standard InChI is InChI=1S/C16H19N3O3/c1-11(2)19-13-6-4-3-5-12(13)18-14(19)9-10-17-15(20)7-8-16(21)22/h3-8,11H,9-10H2,1-2H3,(H,17,20)(H,21,22)/b8-7+. The van der Waals surface area contributed by atoms with Gasteiger partial charge in [-0.25, -0.2) is 9.78 Å². The van der Waals surface area contributed by atoms with Crippen LogP contribution in [0.25, 0.3) is 11.0 Å². The molecule has 1 amide bonds. The van der Waals surface area contributed by atoms with Gasteiger partial charge in [-0.3, -0.25) is 4.79 Å². The second-order valence-electron chi connectivity index (χ2n) is 5.19. The Morgan fingerprint density at radius 2 is 2.05 bits per heavy atom. The zero-order valence-electron chi connectivity index (χ0n) is 12.6. The fourth-order valence-corrected chi connectivity index (χ4v) is 2.35. The van der Waals surface area contributed by atoms with Crippen LogP contribution < -0.4 is 5.32 Å². The normalized spacial score (nSPS) is 11.4. The number of fused-ring (bicyclic) bond motifs is 1. The molecular weight excluding hydrogens is 282 g/mol. The molecule has 0 saturated carbocycles. The summed E-state index contributed by atoms with van der Waals surface area (Å²) in [5.41, 5.74) is 2.01. The fourth-order valence-electron chi connectivity index (χ4n) is 2.35. The van der Waals surface area contributed by atoms with Gasteiger partial charge in [-0.15, -0.1) is 0 Å². The quantitative estimate of drug-likeness (QED) is 0.798. The van der Waals surface area contributed by atoms with Gasteiger partial charge in [0.2, 0.25) is 5.91 Å². The number of carboxylic acids is 1.